The van der Waals surface area contributed by atoms with Gasteiger partial charge in [0.1, 0.15) is 34.7 Å². The Balaban J connectivity index is -0.000000812. The normalized spacial score (nSPS) is 9.74. The van der Waals surface area contributed by atoms with Crippen LogP contribution in [0.2, 0.25) is 0 Å². The van der Waals surface area contributed by atoms with Crippen molar-refractivity contribution in [2.24, 2.45) is 42.3 Å². The minimum Gasteiger partial charge on any atom is -0.461 e. The molecule has 0 aliphatic rings. The number of sulfonamides is 2. The molecule has 6 rings (SSSR count). The minimum absolute atomic E-state index is 0.250. The van der Waals surface area contributed by atoms with Crippen molar-refractivity contribution in [1.29, 1.82) is 9.56 Å². The van der Waals surface area contributed by atoms with Crippen molar-refractivity contribution >= 4 is 82.4 Å². The molecule has 0 aliphatic heterocycles. The molecule has 0 saturated carbocycles. The number of anilines is 4. The van der Waals surface area contributed by atoms with Crippen LogP contribution in [0.15, 0.2) is 36.4 Å². The lowest BCUT2D eigenvalue weighted by atomic mass is 10.3. The highest BCUT2D eigenvalue weighted by molar-refractivity contribution is 7.92. The number of aromatic nitrogens is 12. The fourth-order valence-electron chi connectivity index (χ4n) is 5.14. The summed E-state index contributed by atoms with van der Waals surface area (Å²) in [6.45, 7) is 15.8. The van der Waals surface area contributed by atoms with Gasteiger partial charge < -0.3 is 20.9 Å². The molecule has 0 atom stereocenters. The van der Waals surface area contributed by atoms with E-state index in [9.17, 15) is 26.4 Å². The fourth-order valence-corrected chi connectivity index (χ4v) is 6.28. The summed E-state index contributed by atoms with van der Waals surface area (Å²) in [5.74, 6) is 1.29. The Morgan fingerprint density at radius 3 is 1.09 bits per heavy atom. The molecule has 0 unspecified atom stereocenters. The molecule has 6 heterocycles. The van der Waals surface area contributed by atoms with E-state index in [1.54, 1.807) is 78.8 Å². The molecule has 6 aromatic heterocycles. The number of nitrogens with two attached hydrogens (primary N) is 2. The number of hydrogen-bond donors (Lipinski definition) is 6. The van der Waals surface area contributed by atoms with Crippen LogP contribution >= 0.6 is 0 Å². The number of carbonyl (C=O) groups excluding carboxylic acids is 4. The quantitative estimate of drug-likeness (QED) is 0.112. The molecule has 76 heavy (non-hydrogen) atoms. The molecule has 0 radical (unpaired) electrons. The number of aryl methyl sites for hydroxylation is 12. The Hall–Kier alpha value is -8.08. The third-order valence-corrected chi connectivity index (χ3v) is 9.18. The van der Waals surface area contributed by atoms with E-state index in [-0.39, 0.29) is 12.1 Å². The Bertz CT molecular complexity index is 3040. The number of nitrogens with zero attached hydrogens (tertiary/aromatic N) is 12. The molecule has 0 saturated heterocycles. The Morgan fingerprint density at radius 1 is 0.566 bits per heavy atom. The molecule has 6 aromatic rings. The molecule has 426 valence electrons. The average Bonchev–Trinajstić information content (AvgIpc) is 4.09. The largest absolute Gasteiger partial charge is 0.461 e. The number of esters is 2. The SMILES string of the molecule is CCOC(=O)c1cc(C)nn1C.CCOC(=O)c1cc(N)nn1C.CCc1cc(N)n(C)n1.Cc1cc(C)n(C)n1.Cc1cc(NS(C)(=O)=O)n(C)n1.Cc1cc(NS(C)(=O)=O)n(C)n1.N=S(=O)=O.N=S(=O)=O.O=C=O. The van der Waals surface area contributed by atoms with Crippen LogP contribution < -0.4 is 20.9 Å². The van der Waals surface area contributed by atoms with Crippen LogP contribution in [0.5, 0.6) is 0 Å². The van der Waals surface area contributed by atoms with Gasteiger partial charge >= 0.3 is 39.1 Å². The van der Waals surface area contributed by atoms with E-state index < -0.39 is 47.0 Å². The predicted octanol–water partition coefficient (Wildman–Crippen LogP) is 1.56. The van der Waals surface area contributed by atoms with Gasteiger partial charge in [-0.15, -0.1) is 0 Å². The first kappa shape index (κ1) is 72.2. The molecule has 0 bridgehead atoms. The van der Waals surface area contributed by atoms with Gasteiger partial charge in [-0.25, -0.2) is 26.4 Å². The van der Waals surface area contributed by atoms with Crippen molar-refractivity contribution in [3.63, 3.8) is 0 Å². The van der Waals surface area contributed by atoms with Gasteiger partial charge in [0.2, 0.25) is 20.0 Å². The van der Waals surface area contributed by atoms with Crippen LogP contribution in [0.25, 0.3) is 0 Å². The van der Waals surface area contributed by atoms with E-state index in [4.69, 9.17) is 56.9 Å². The lowest BCUT2D eigenvalue weighted by Gasteiger charge is -2.01. The van der Waals surface area contributed by atoms with E-state index in [2.05, 4.69) is 53.0 Å². The zero-order valence-electron chi connectivity index (χ0n) is 45.0. The third-order valence-electron chi connectivity index (χ3n) is 8.02. The summed E-state index contributed by atoms with van der Waals surface area (Å²) in [5, 5.41) is 24.1. The highest BCUT2D eigenvalue weighted by Crippen LogP contribution is 2.10. The summed E-state index contributed by atoms with van der Waals surface area (Å²) in [7, 11) is -1.10. The van der Waals surface area contributed by atoms with Gasteiger partial charge in [-0.2, -0.15) is 66.6 Å². The molecule has 0 fully saturated rings. The van der Waals surface area contributed by atoms with Gasteiger partial charge in [0.05, 0.1) is 54.2 Å². The van der Waals surface area contributed by atoms with E-state index in [0.29, 0.717) is 42.1 Å². The van der Waals surface area contributed by atoms with Crippen molar-refractivity contribution in [3.8, 4) is 0 Å². The van der Waals surface area contributed by atoms with Crippen LogP contribution in [-0.4, -0.2) is 136 Å². The molecular formula is C40H68N18O14S4. The standard InChI is InChI=1S/C8H12N2O2.C7H11N3O2.2C6H11N3O2S.C6H11N3.C6H10N2.CO2.2HNO2S/c1-4-12-8(11)7-5-6(2)9-10(7)3;1-3-12-7(11)5-4-6(8)9-10(5)2;2*1-5-4-6(9(2)7-5)8-12(3,10)11;1-3-5-4-6(7)9(2)8-5;1-5-4-6(2)8(3)7-5;2-1-3;2*1-4(2)3/h5H,4H2,1-3H3;4H,3H2,1-2H3,(H2,8,9);2*4,8H,1-3H3;4H,3,7H2,1-2H3;4H,1-3H3;;2*1H. The maximum atomic E-state index is 11.2. The summed E-state index contributed by atoms with van der Waals surface area (Å²) in [4.78, 5) is 38.6. The van der Waals surface area contributed by atoms with Gasteiger partial charge in [0.15, 0.2) is 0 Å². The van der Waals surface area contributed by atoms with E-state index in [0.717, 1.165) is 53.2 Å². The molecule has 0 aliphatic carbocycles. The Kier molecular flexibility index (Phi) is 34.2. The second kappa shape index (κ2) is 36.0. The molecular weight excluding hydrogens is 1080 g/mol. The van der Waals surface area contributed by atoms with Crippen LogP contribution in [0, 0.1) is 44.2 Å². The first-order valence-corrected chi connectivity index (χ1v) is 27.3. The van der Waals surface area contributed by atoms with Crippen LogP contribution in [0.3, 0.4) is 0 Å². The topological polar surface area (TPSA) is 454 Å². The predicted molar refractivity (Wildman–Crippen MR) is 278 cm³/mol. The van der Waals surface area contributed by atoms with Gasteiger partial charge in [-0.3, -0.25) is 37.5 Å². The van der Waals surface area contributed by atoms with Crippen LogP contribution in [0.4, 0.5) is 23.3 Å². The molecule has 0 amide bonds. The number of hydrogen-bond acceptors (Lipinski definition) is 24. The second-order valence-electron chi connectivity index (χ2n) is 14.8. The maximum absolute atomic E-state index is 11.2. The summed E-state index contributed by atoms with van der Waals surface area (Å²) in [6.07, 6.45) is 3.41. The number of nitrogens with one attached hydrogen (secondary N) is 4. The lowest BCUT2D eigenvalue weighted by Crippen LogP contribution is -2.12. The van der Waals surface area contributed by atoms with E-state index in [1.165, 1.54) is 30.5 Å². The van der Waals surface area contributed by atoms with Crippen molar-refractivity contribution in [2.45, 2.75) is 61.8 Å². The van der Waals surface area contributed by atoms with Crippen molar-refractivity contribution in [2.75, 3.05) is 46.6 Å². The number of rotatable bonds is 9. The average molecular weight is 1150 g/mol. The maximum Gasteiger partial charge on any atom is 0.373 e. The van der Waals surface area contributed by atoms with Gasteiger partial charge in [-0.1, -0.05) is 6.92 Å². The van der Waals surface area contributed by atoms with Crippen molar-refractivity contribution in [1.82, 2.24) is 58.7 Å². The summed E-state index contributed by atoms with van der Waals surface area (Å²) < 4.78 is 113. The molecule has 0 spiro atoms. The van der Waals surface area contributed by atoms with Gasteiger partial charge in [0, 0.05) is 72.2 Å². The van der Waals surface area contributed by atoms with Crippen molar-refractivity contribution < 1.29 is 62.3 Å². The van der Waals surface area contributed by atoms with Crippen LogP contribution in [0.1, 0.15) is 75.9 Å². The van der Waals surface area contributed by atoms with Crippen molar-refractivity contribution in [3.05, 3.63) is 81.9 Å². The summed E-state index contributed by atoms with van der Waals surface area (Å²) >= 11 is 0. The van der Waals surface area contributed by atoms with Gasteiger partial charge in [0.25, 0.3) is 0 Å². The Labute approximate surface area is 443 Å². The molecule has 0 aromatic carbocycles. The molecule has 36 heteroatoms. The van der Waals surface area contributed by atoms with E-state index in [1.807, 2.05) is 45.6 Å². The fraction of sp³-hybridized carbons (Fsp3) is 0.475. The number of ether oxygens (including phenoxy) is 2. The first-order valence-electron chi connectivity index (χ1n) is 21.4. The highest BCUT2D eigenvalue weighted by atomic mass is 32.2. The highest BCUT2D eigenvalue weighted by Gasteiger charge is 2.13. The monoisotopic (exact) mass is 1150 g/mol. The number of carbonyl (C=O) groups is 2. The summed E-state index contributed by atoms with van der Waals surface area (Å²) in [6, 6.07) is 10.5. The third kappa shape index (κ3) is 34.4. The number of nitrogen functional groups attached to an aromatic ring is 2. The smallest absolute Gasteiger partial charge is 0.373 e. The Morgan fingerprint density at radius 2 is 0.895 bits per heavy atom. The van der Waals surface area contributed by atoms with Crippen LogP contribution in [-0.2, 0) is 109 Å². The molecule has 8 N–H and O–H groups in total. The zero-order valence-corrected chi connectivity index (χ0v) is 48.2. The van der Waals surface area contributed by atoms with Gasteiger partial charge in [-0.05, 0) is 67.0 Å². The zero-order chi connectivity index (χ0) is 59.8. The first-order chi connectivity index (χ1) is 34.9. The minimum atomic E-state index is -3.20. The summed E-state index contributed by atoms with van der Waals surface area (Å²) in [5.41, 5.74) is 17.5. The molecule has 32 nitrogen and oxygen atoms in total. The lowest BCUT2D eigenvalue weighted by molar-refractivity contribution is -0.191. The second-order valence-corrected chi connectivity index (χ2v) is 19.2. The van der Waals surface area contributed by atoms with E-state index >= 15 is 0 Å².